The van der Waals surface area contributed by atoms with Gasteiger partial charge in [0.05, 0.1) is 22.1 Å². The first kappa shape index (κ1) is 24.9. The number of methoxy groups -OCH3 is 1. The van der Waals surface area contributed by atoms with E-state index in [4.69, 9.17) is 16.3 Å². The molecule has 0 aliphatic carbocycles. The number of nitrogens with zero attached hydrogens (tertiary/aromatic N) is 2. The summed E-state index contributed by atoms with van der Waals surface area (Å²) < 4.78 is 32.5. The molecule has 0 spiro atoms. The highest BCUT2D eigenvalue weighted by Crippen LogP contribution is 2.30. The van der Waals surface area contributed by atoms with Gasteiger partial charge in [0.15, 0.2) is 0 Å². The van der Waals surface area contributed by atoms with Crippen molar-refractivity contribution in [3.05, 3.63) is 57.1 Å². The second-order valence-electron chi connectivity index (χ2n) is 7.47. The maximum atomic E-state index is 13.1. The van der Waals surface area contributed by atoms with Crippen molar-refractivity contribution in [3.8, 4) is 0 Å². The lowest BCUT2D eigenvalue weighted by molar-refractivity contribution is -0.384. The molecule has 1 fully saturated rings. The number of anilines is 2. The van der Waals surface area contributed by atoms with Crippen LogP contribution >= 0.6 is 11.6 Å². The zero-order valence-corrected chi connectivity index (χ0v) is 19.6. The van der Waals surface area contributed by atoms with Gasteiger partial charge in [-0.1, -0.05) is 18.0 Å². The van der Waals surface area contributed by atoms with E-state index in [9.17, 15) is 23.3 Å². The summed E-state index contributed by atoms with van der Waals surface area (Å²) in [7, 11) is -2.29. The fraction of sp³-hybridized carbons (Fsp3) is 0.381. The van der Waals surface area contributed by atoms with E-state index in [1.165, 1.54) is 41.7 Å². The number of halogens is 1. The topological polar surface area (TPSA) is 131 Å². The Morgan fingerprint density at radius 1 is 1.18 bits per heavy atom. The molecule has 2 aromatic carbocycles. The molecular weight excluding hydrogens is 472 g/mol. The molecule has 1 amide bonds. The number of rotatable bonds is 9. The van der Waals surface area contributed by atoms with Gasteiger partial charge in [0.1, 0.15) is 4.90 Å². The second kappa shape index (κ2) is 10.9. The molecule has 12 heteroatoms. The normalized spacial score (nSPS) is 14.6. The Hall–Kier alpha value is -2.73. The van der Waals surface area contributed by atoms with Crippen LogP contribution in [-0.4, -0.2) is 56.9 Å². The summed E-state index contributed by atoms with van der Waals surface area (Å²) in [6.45, 7) is 1.58. The minimum Gasteiger partial charge on any atom is -0.383 e. The van der Waals surface area contributed by atoms with Gasteiger partial charge in [0.25, 0.3) is 11.6 Å². The van der Waals surface area contributed by atoms with Gasteiger partial charge in [-0.15, -0.1) is 0 Å². The summed E-state index contributed by atoms with van der Waals surface area (Å²) in [5.41, 5.74) is 0.372. The van der Waals surface area contributed by atoms with Crippen LogP contribution in [0.5, 0.6) is 0 Å². The molecular formula is C21H25ClN4O6S. The highest BCUT2D eigenvalue weighted by Gasteiger charge is 2.28. The Kier molecular flexibility index (Phi) is 8.25. The number of hydrogen-bond acceptors (Lipinski definition) is 7. The number of nitro benzene ring substituents is 1. The third kappa shape index (κ3) is 5.99. The summed E-state index contributed by atoms with van der Waals surface area (Å²) in [5, 5.41) is 16.9. The summed E-state index contributed by atoms with van der Waals surface area (Å²) in [5.74, 6) is -0.637. The van der Waals surface area contributed by atoms with Crippen LogP contribution in [0.2, 0.25) is 5.02 Å². The molecule has 0 bridgehead atoms. The van der Waals surface area contributed by atoms with Crippen LogP contribution in [0.1, 0.15) is 29.6 Å². The summed E-state index contributed by atoms with van der Waals surface area (Å²) in [4.78, 5) is 23.5. The van der Waals surface area contributed by atoms with Crippen molar-refractivity contribution in [2.24, 2.45) is 0 Å². The lowest BCUT2D eigenvalue weighted by Gasteiger charge is -2.26. The Balaban J connectivity index is 1.89. The smallest absolute Gasteiger partial charge is 0.270 e. The van der Waals surface area contributed by atoms with Gasteiger partial charge in [0.2, 0.25) is 10.0 Å². The molecule has 1 aliphatic heterocycles. The lowest BCUT2D eigenvalue weighted by Crippen LogP contribution is -2.35. The number of amides is 1. The molecule has 178 valence electrons. The standard InChI is InChI=1S/C21H25ClN4O6S/c1-32-12-9-23-19-8-6-16(26(28)29)14-17(19)21(27)24-15-5-7-18(22)20(13-15)33(30,31)25-10-3-2-4-11-25/h5-8,13-14,23H,2-4,9-12H2,1H3,(H,24,27). The van der Waals surface area contributed by atoms with E-state index < -0.39 is 20.9 Å². The van der Waals surface area contributed by atoms with Crippen molar-refractivity contribution in [1.82, 2.24) is 4.31 Å². The summed E-state index contributed by atoms with van der Waals surface area (Å²) in [6.07, 6.45) is 2.53. The third-order valence-electron chi connectivity index (χ3n) is 5.20. The molecule has 33 heavy (non-hydrogen) atoms. The predicted molar refractivity (Wildman–Crippen MR) is 125 cm³/mol. The van der Waals surface area contributed by atoms with E-state index in [0.29, 0.717) is 31.9 Å². The Labute approximate surface area is 197 Å². The van der Waals surface area contributed by atoms with Crippen molar-refractivity contribution in [3.63, 3.8) is 0 Å². The van der Waals surface area contributed by atoms with Crippen molar-refractivity contribution >= 4 is 44.6 Å². The maximum absolute atomic E-state index is 13.1. The Bertz CT molecular complexity index is 1140. The molecule has 3 rings (SSSR count). The zero-order valence-electron chi connectivity index (χ0n) is 18.0. The van der Waals surface area contributed by atoms with E-state index in [2.05, 4.69) is 10.6 Å². The van der Waals surface area contributed by atoms with Crippen LogP contribution in [-0.2, 0) is 14.8 Å². The van der Waals surface area contributed by atoms with Gasteiger partial charge < -0.3 is 15.4 Å². The number of non-ortho nitro benzene ring substituents is 1. The van der Waals surface area contributed by atoms with Crippen LogP contribution in [0.3, 0.4) is 0 Å². The number of nitrogens with one attached hydrogen (secondary N) is 2. The van der Waals surface area contributed by atoms with Gasteiger partial charge in [-0.2, -0.15) is 4.31 Å². The molecule has 2 N–H and O–H groups in total. The van der Waals surface area contributed by atoms with E-state index in [1.807, 2.05) is 0 Å². The highest BCUT2D eigenvalue weighted by molar-refractivity contribution is 7.89. The van der Waals surface area contributed by atoms with E-state index >= 15 is 0 Å². The monoisotopic (exact) mass is 496 g/mol. The number of piperidine rings is 1. The fourth-order valence-corrected chi connectivity index (χ4v) is 5.51. The second-order valence-corrected chi connectivity index (χ2v) is 9.78. The van der Waals surface area contributed by atoms with Gasteiger partial charge in [0, 0.05) is 50.3 Å². The molecule has 10 nitrogen and oxygen atoms in total. The Morgan fingerprint density at radius 2 is 1.91 bits per heavy atom. The summed E-state index contributed by atoms with van der Waals surface area (Å²) >= 11 is 6.19. The van der Waals surface area contributed by atoms with Crippen LogP contribution in [0.15, 0.2) is 41.3 Å². The molecule has 1 heterocycles. The number of carbonyl (C=O) groups is 1. The van der Waals surface area contributed by atoms with Crippen molar-refractivity contribution < 1.29 is 22.9 Å². The molecule has 1 aliphatic rings. The van der Waals surface area contributed by atoms with Gasteiger partial charge in [-0.3, -0.25) is 14.9 Å². The number of sulfonamides is 1. The van der Waals surface area contributed by atoms with Gasteiger partial charge in [-0.25, -0.2) is 8.42 Å². The van der Waals surface area contributed by atoms with E-state index in [1.54, 1.807) is 0 Å². The van der Waals surface area contributed by atoms with Crippen LogP contribution in [0.4, 0.5) is 17.1 Å². The number of carbonyl (C=O) groups excluding carboxylic acids is 1. The average molecular weight is 497 g/mol. The number of ether oxygens (including phenoxy) is 1. The quantitative estimate of drug-likeness (QED) is 0.307. The van der Waals surface area contributed by atoms with Crippen LogP contribution in [0.25, 0.3) is 0 Å². The molecule has 0 radical (unpaired) electrons. The number of nitro groups is 1. The molecule has 2 aromatic rings. The Morgan fingerprint density at radius 3 is 2.58 bits per heavy atom. The molecule has 0 saturated carbocycles. The number of hydrogen-bond donors (Lipinski definition) is 2. The average Bonchev–Trinajstić information content (AvgIpc) is 2.81. The van der Waals surface area contributed by atoms with E-state index in [0.717, 1.165) is 25.3 Å². The summed E-state index contributed by atoms with van der Waals surface area (Å²) in [6, 6.07) is 8.07. The first-order valence-corrected chi connectivity index (χ1v) is 12.2. The molecule has 0 unspecified atom stereocenters. The zero-order chi connectivity index (χ0) is 24.0. The van der Waals surface area contributed by atoms with Crippen molar-refractivity contribution in [2.45, 2.75) is 24.2 Å². The fourth-order valence-electron chi connectivity index (χ4n) is 3.50. The molecule has 0 atom stereocenters. The largest absolute Gasteiger partial charge is 0.383 e. The van der Waals surface area contributed by atoms with Gasteiger partial charge >= 0.3 is 0 Å². The first-order valence-electron chi connectivity index (χ1n) is 10.4. The highest BCUT2D eigenvalue weighted by atomic mass is 35.5. The minimum absolute atomic E-state index is 0.0377. The van der Waals surface area contributed by atoms with Crippen LogP contribution in [0, 0.1) is 10.1 Å². The van der Waals surface area contributed by atoms with Crippen molar-refractivity contribution in [2.75, 3.05) is 44.0 Å². The van der Waals surface area contributed by atoms with Gasteiger partial charge in [-0.05, 0) is 37.1 Å². The van der Waals surface area contributed by atoms with Crippen LogP contribution < -0.4 is 10.6 Å². The predicted octanol–water partition coefficient (Wildman–Crippen LogP) is 3.73. The molecule has 0 aromatic heterocycles. The maximum Gasteiger partial charge on any atom is 0.270 e. The minimum atomic E-state index is -3.82. The van der Waals surface area contributed by atoms with Crippen molar-refractivity contribution in [1.29, 1.82) is 0 Å². The third-order valence-corrected chi connectivity index (χ3v) is 7.58. The SMILES string of the molecule is COCCNc1ccc([N+](=O)[O-])cc1C(=O)Nc1ccc(Cl)c(S(=O)(=O)N2CCCCC2)c1. The van der Waals surface area contributed by atoms with E-state index in [-0.39, 0.29) is 26.9 Å². The molecule has 1 saturated heterocycles. The lowest BCUT2D eigenvalue weighted by atomic mass is 10.1. The first-order chi connectivity index (χ1) is 15.7. The number of benzene rings is 2.